The lowest BCUT2D eigenvalue weighted by molar-refractivity contribution is 0.346. The van der Waals surface area contributed by atoms with Gasteiger partial charge in [0.1, 0.15) is 16.5 Å². The van der Waals surface area contributed by atoms with E-state index >= 15 is 0 Å². The molecule has 0 amide bonds. The van der Waals surface area contributed by atoms with Crippen LogP contribution < -0.4 is 9.64 Å². The summed E-state index contributed by atoms with van der Waals surface area (Å²) in [6.07, 6.45) is 5.57. The molecule has 2 aromatic rings. The first-order chi connectivity index (χ1) is 13.6. The van der Waals surface area contributed by atoms with Crippen LogP contribution in [-0.4, -0.2) is 51.0 Å². The number of ether oxygens (including phenoxy) is 1. The molecule has 1 aromatic heterocycles. The Morgan fingerprint density at radius 3 is 2.61 bits per heavy atom. The van der Waals surface area contributed by atoms with Crippen molar-refractivity contribution in [2.45, 2.75) is 36.5 Å². The Kier molecular flexibility index (Phi) is 5.55. The minimum Gasteiger partial charge on any atom is -0.496 e. The van der Waals surface area contributed by atoms with Gasteiger partial charge in [-0.05, 0) is 43.0 Å². The van der Waals surface area contributed by atoms with Crippen LogP contribution in [0.1, 0.15) is 37.2 Å². The predicted octanol–water partition coefficient (Wildman–Crippen LogP) is 3.26. The third-order valence-electron chi connectivity index (χ3n) is 5.75. The molecular formula is C21H27N3O3S. The van der Waals surface area contributed by atoms with Crippen molar-refractivity contribution in [1.82, 2.24) is 9.29 Å². The first-order valence-corrected chi connectivity index (χ1v) is 11.4. The zero-order chi connectivity index (χ0) is 19.6. The molecule has 2 aliphatic heterocycles. The van der Waals surface area contributed by atoms with Gasteiger partial charge in [0.25, 0.3) is 0 Å². The number of piperidine rings is 1. The van der Waals surface area contributed by atoms with E-state index in [-0.39, 0.29) is 0 Å². The summed E-state index contributed by atoms with van der Waals surface area (Å²) in [7, 11) is -1.83. The summed E-state index contributed by atoms with van der Waals surface area (Å²) in [5, 5.41) is 0. The average Bonchev–Trinajstić information content (AvgIpc) is 3.24. The van der Waals surface area contributed by atoms with Crippen molar-refractivity contribution in [3.8, 4) is 5.75 Å². The second-order valence-corrected chi connectivity index (χ2v) is 9.37. The molecule has 2 saturated heterocycles. The predicted molar refractivity (Wildman–Crippen MR) is 109 cm³/mol. The van der Waals surface area contributed by atoms with Gasteiger partial charge in [-0.3, -0.25) is 0 Å². The van der Waals surface area contributed by atoms with Crippen LogP contribution in [0.3, 0.4) is 0 Å². The highest BCUT2D eigenvalue weighted by atomic mass is 32.2. The molecule has 0 bridgehead atoms. The number of anilines is 1. The Morgan fingerprint density at radius 2 is 1.82 bits per heavy atom. The molecule has 0 aliphatic carbocycles. The fourth-order valence-electron chi connectivity index (χ4n) is 4.28. The van der Waals surface area contributed by atoms with Gasteiger partial charge < -0.3 is 9.64 Å². The SMILES string of the molecule is COc1ccccc1C1CCN(c2ncccc2S(=O)(=O)N2CCCCC2)C1. The molecule has 2 fully saturated rings. The van der Waals surface area contributed by atoms with Gasteiger partial charge in [-0.2, -0.15) is 4.31 Å². The number of rotatable bonds is 5. The maximum atomic E-state index is 13.3. The standard InChI is InChI=1S/C21H27N3O3S/c1-27-19-9-4-3-8-18(19)17-11-15-23(16-17)21-20(10-7-12-22-21)28(25,26)24-13-5-2-6-14-24/h3-4,7-10,12,17H,2,5-6,11,13-16H2,1H3. The summed E-state index contributed by atoms with van der Waals surface area (Å²) < 4.78 is 33.6. The second-order valence-electron chi connectivity index (χ2n) is 7.46. The van der Waals surface area contributed by atoms with Crippen LogP contribution in [0.5, 0.6) is 5.75 Å². The van der Waals surface area contributed by atoms with Crippen LogP contribution in [0.2, 0.25) is 0 Å². The monoisotopic (exact) mass is 401 g/mol. The first-order valence-electron chi connectivity index (χ1n) is 9.94. The van der Waals surface area contributed by atoms with Crippen molar-refractivity contribution in [1.29, 1.82) is 0 Å². The minimum atomic E-state index is -3.52. The highest BCUT2D eigenvalue weighted by molar-refractivity contribution is 7.89. The topological polar surface area (TPSA) is 62.7 Å². The summed E-state index contributed by atoms with van der Waals surface area (Å²) >= 11 is 0. The zero-order valence-corrected chi connectivity index (χ0v) is 17.1. The Labute approximate surface area is 167 Å². The zero-order valence-electron chi connectivity index (χ0n) is 16.3. The Balaban J connectivity index is 1.61. The van der Waals surface area contributed by atoms with Gasteiger partial charge in [0.2, 0.25) is 10.0 Å². The largest absolute Gasteiger partial charge is 0.496 e. The molecule has 6 nitrogen and oxygen atoms in total. The van der Waals surface area contributed by atoms with Gasteiger partial charge >= 0.3 is 0 Å². The van der Waals surface area contributed by atoms with Crippen molar-refractivity contribution in [2.75, 3.05) is 38.2 Å². The molecule has 3 heterocycles. The van der Waals surface area contributed by atoms with Crippen molar-refractivity contribution < 1.29 is 13.2 Å². The number of benzene rings is 1. The lowest BCUT2D eigenvalue weighted by Crippen LogP contribution is -2.36. The first kappa shape index (κ1) is 19.2. The number of para-hydroxylation sites is 1. The molecule has 0 radical (unpaired) electrons. The quantitative estimate of drug-likeness (QED) is 0.770. The van der Waals surface area contributed by atoms with E-state index in [0.717, 1.165) is 44.5 Å². The number of hydrogen-bond donors (Lipinski definition) is 0. The van der Waals surface area contributed by atoms with Crippen molar-refractivity contribution in [2.24, 2.45) is 0 Å². The molecule has 2 aliphatic rings. The molecule has 1 unspecified atom stereocenters. The van der Waals surface area contributed by atoms with Crippen LogP contribution in [0, 0.1) is 0 Å². The van der Waals surface area contributed by atoms with E-state index in [9.17, 15) is 8.42 Å². The summed E-state index contributed by atoms with van der Waals surface area (Å²) in [6.45, 7) is 2.71. The van der Waals surface area contributed by atoms with E-state index in [1.807, 2.05) is 18.2 Å². The second kappa shape index (κ2) is 8.09. The van der Waals surface area contributed by atoms with E-state index in [2.05, 4.69) is 16.0 Å². The summed E-state index contributed by atoms with van der Waals surface area (Å²) in [5.41, 5.74) is 1.17. The number of hydrogen-bond acceptors (Lipinski definition) is 5. The van der Waals surface area contributed by atoms with E-state index in [0.29, 0.717) is 29.7 Å². The normalized spacial score (nSPS) is 21.0. The maximum Gasteiger partial charge on any atom is 0.246 e. The van der Waals surface area contributed by atoms with Gasteiger partial charge in [0.15, 0.2) is 0 Å². The minimum absolute atomic E-state index is 0.295. The molecule has 0 saturated carbocycles. The Morgan fingerprint density at radius 1 is 1.04 bits per heavy atom. The summed E-state index contributed by atoms with van der Waals surface area (Å²) in [6, 6.07) is 11.5. The number of sulfonamides is 1. The average molecular weight is 402 g/mol. The molecule has 4 rings (SSSR count). The molecule has 7 heteroatoms. The van der Waals surface area contributed by atoms with E-state index < -0.39 is 10.0 Å². The summed E-state index contributed by atoms with van der Waals surface area (Å²) in [5.74, 6) is 1.76. The van der Waals surface area contributed by atoms with E-state index in [4.69, 9.17) is 4.74 Å². The Bertz CT molecular complexity index is 926. The number of nitrogens with zero attached hydrogens (tertiary/aromatic N) is 3. The highest BCUT2D eigenvalue weighted by Crippen LogP contribution is 2.37. The van der Waals surface area contributed by atoms with Crippen LogP contribution in [0.15, 0.2) is 47.5 Å². The van der Waals surface area contributed by atoms with Crippen molar-refractivity contribution >= 4 is 15.8 Å². The number of methoxy groups -OCH3 is 1. The molecular weight excluding hydrogens is 374 g/mol. The smallest absolute Gasteiger partial charge is 0.246 e. The van der Waals surface area contributed by atoms with Gasteiger partial charge in [-0.1, -0.05) is 24.6 Å². The highest BCUT2D eigenvalue weighted by Gasteiger charge is 2.33. The lowest BCUT2D eigenvalue weighted by atomic mass is 9.97. The van der Waals surface area contributed by atoms with Crippen molar-refractivity contribution in [3.05, 3.63) is 48.2 Å². The Hall–Kier alpha value is -2.12. The molecule has 28 heavy (non-hydrogen) atoms. The van der Waals surface area contributed by atoms with E-state index in [1.165, 1.54) is 5.56 Å². The van der Waals surface area contributed by atoms with Crippen LogP contribution in [0.25, 0.3) is 0 Å². The van der Waals surface area contributed by atoms with Crippen molar-refractivity contribution in [3.63, 3.8) is 0 Å². The van der Waals surface area contributed by atoms with Gasteiger partial charge in [0, 0.05) is 38.3 Å². The van der Waals surface area contributed by atoms with Crippen LogP contribution in [0.4, 0.5) is 5.82 Å². The molecule has 0 spiro atoms. The maximum absolute atomic E-state index is 13.3. The molecule has 1 atom stereocenters. The molecule has 0 N–H and O–H groups in total. The van der Waals surface area contributed by atoms with E-state index in [1.54, 1.807) is 29.7 Å². The lowest BCUT2D eigenvalue weighted by Gasteiger charge is -2.28. The van der Waals surface area contributed by atoms with Crippen LogP contribution >= 0.6 is 0 Å². The van der Waals surface area contributed by atoms with Crippen LogP contribution in [-0.2, 0) is 10.0 Å². The fraction of sp³-hybridized carbons (Fsp3) is 0.476. The third-order valence-corrected chi connectivity index (χ3v) is 7.67. The van der Waals surface area contributed by atoms with Gasteiger partial charge in [-0.25, -0.2) is 13.4 Å². The number of aromatic nitrogens is 1. The number of pyridine rings is 1. The fourth-order valence-corrected chi connectivity index (χ4v) is 5.96. The third kappa shape index (κ3) is 3.61. The molecule has 1 aromatic carbocycles. The van der Waals surface area contributed by atoms with Gasteiger partial charge in [0.05, 0.1) is 7.11 Å². The molecule has 150 valence electrons. The van der Waals surface area contributed by atoms with Gasteiger partial charge in [-0.15, -0.1) is 0 Å². The summed E-state index contributed by atoms with van der Waals surface area (Å²) in [4.78, 5) is 6.92.